The van der Waals surface area contributed by atoms with Gasteiger partial charge in [0.05, 0.1) is 6.10 Å². The zero-order valence-electron chi connectivity index (χ0n) is 9.41. The molecule has 0 spiro atoms. The van der Waals surface area contributed by atoms with Crippen LogP contribution in [0.5, 0.6) is 0 Å². The number of hydrogen-bond donors (Lipinski definition) is 1. The normalized spacial score (nSPS) is 12.4. The summed E-state index contributed by atoms with van der Waals surface area (Å²) in [5.74, 6) is -0.297. The molecule has 0 fully saturated rings. The minimum atomic E-state index is -0.683. The van der Waals surface area contributed by atoms with Crippen molar-refractivity contribution >= 4 is 38.5 Å². The van der Waals surface area contributed by atoms with Gasteiger partial charge in [0, 0.05) is 14.5 Å². The van der Waals surface area contributed by atoms with Gasteiger partial charge in [-0.1, -0.05) is 34.1 Å². The molecule has 0 aromatic heterocycles. The molecule has 2 aromatic carbocycles. The van der Waals surface area contributed by atoms with E-state index in [0.717, 1.165) is 9.13 Å². The fourth-order valence-corrected chi connectivity index (χ4v) is 2.39. The maximum Gasteiger partial charge on any atom is 0.127 e. The summed E-state index contributed by atoms with van der Waals surface area (Å²) in [5, 5.41) is 10.1. The van der Waals surface area contributed by atoms with Gasteiger partial charge in [-0.2, -0.15) is 0 Å². The second kappa shape index (κ2) is 6.12. The Morgan fingerprint density at radius 1 is 1.17 bits per heavy atom. The van der Waals surface area contributed by atoms with Crippen LogP contribution in [0.2, 0.25) is 0 Å². The number of hydrogen-bond acceptors (Lipinski definition) is 1. The summed E-state index contributed by atoms with van der Waals surface area (Å²) in [7, 11) is 0. The molecule has 0 bridgehead atoms. The lowest BCUT2D eigenvalue weighted by molar-refractivity contribution is 0.177. The van der Waals surface area contributed by atoms with Crippen LogP contribution in [0.3, 0.4) is 0 Å². The molecular weight excluding hydrogens is 410 g/mol. The fraction of sp³-hybridized carbons (Fsp3) is 0.143. The standard InChI is InChI=1S/C14H11BrFIO/c15-11-4-1-10(13(16)8-11)7-14(18)9-2-5-12(17)6-3-9/h1-6,8,14,18H,7H2. The molecule has 1 N–H and O–H groups in total. The van der Waals surface area contributed by atoms with Crippen molar-refractivity contribution in [3.63, 3.8) is 0 Å². The van der Waals surface area contributed by atoms with Crippen LogP contribution in [-0.2, 0) is 6.42 Å². The highest BCUT2D eigenvalue weighted by atomic mass is 127. The molecule has 0 aliphatic rings. The van der Waals surface area contributed by atoms with Crippen LogP contribution in [0.15, 0.2) is 46.9 Å². The molecule has 0 aliphatic heterocycles. The zero-order chi connectivity index (χ0) is 13.1. The van der Waals surface area contributed by atoms with Gasteiger partial charge in [0.25, 0.3) is 0 Å². The second-order valence-corrected chi connectivity index (χ2v) is 6.17. The van der Waals surface area contributed by atoms with Gasteiger partial charge in [0.2, 0.25) is 0 Å². The summed E-state index contributed by atoms with van der Waals surface area (Å²) in [5.41, 5.74) is 1.32. The second-order valence-electron chi connectivity index (χ2n) is 4.01. The molecule has 4 heteroatoms. The Labute approximate surface area is 127 Å². The fourth-order valence-electron chi connectivity index (χ4n) is 1.70. The van der Waals surface area contributed by atoms with Crippen LogP contribution in [0.1, 0.15) is 17.2 Å². The van der Waals surface area contributed by atoms with E-state index in [4.69, 9.17) is 0 Å². The molecule has 0 amide bonds. The Morgan fingerprint density at radius 2 is 1.83 bits per heavy atom. The Morgan fingerprint density at radius 3 is 2.44 bits per heavy atom. The molecule has 0 saturated carbocycles. The van der Waals surface area contributed by atoms with Crippen LogP contribution >= 0.6 is 38.5 Å². The molecule has 18 heavy (non-hydrogen) atoms. The lowest BCUT2D eigenvalue weighted by Crippen LogP contribution is -2.03. The highest BCUT2D eigenvalue weighted by molar-refractivity contribution is 14.1. The first-order chi connectivity index (χ1) is 8.56. The third-order valence-corrected chi connectivity index (χ3v) is 3.90. The number of aliphatic hydroxyl groups excluding tert-OH is 1. The van der Waals surface area contributed by atoms with E-state index in [0.29, 0.717) is 10.0 Å². The number of aliphatic hydroxyl groups is 1. The molecular formula is C14H11BrFIO. The highest BCUT2D eigenvalue weighted by Gasteiger charge is 2.11. The predicted molar refractivity (Wildman–Crippen MR) is 81.9 cm³/mol. The van der Waals surface area contributed by atoms with Crippen molar-refractivity contribution < 1.29 is 9.50 Å². The summed E-state index contributed by atoms with van der Waals surface area (Å²) in [6, 6.07) is 12.5. The van der Waals surface area contributed by atoms with Crippen LogP contribution in [0.25, 0.3) is 0 Å². The SMILES string of the molecule is OC(Cc1ccc(Br)cc1F)c1ccc(I)cc1. The van der Waals surface area contributed by atoms with Gasteiger partial charge < -0.3 is 5.11 Å². The van der Waals surface area contributed by atoms with Crippen molar-refractivity contribution in [1.29, 1.82) is 0 Å². The Kier molecular flexibility index (Phi) is 4.75. The van der Waals surface area contributed by atoms with Crippen molar-refractivity contribution in [2.45, 2.75) is 12.5 Å². The number of benzene rings is 2. The Bertz CT molecular complexity index is 542. The van der Waals surface area contributed by atoms with E-state index in [9.17, 15) is 9.50 Å². The summed E-state index contributed by atoms with van der Waals surface area (Å²) in [6.07, 6.45) is -0.405. The van der Waals surface area contributed by atoms with Crippen molar-refractivity contribution in [3.8, 4) is 0 Å². The van der Waals surface area contributed by atoms with E-state index in [1.54, 1.807) is 12.1 Å². The molecule has 1 atom stereocenters. The summed E-state index contributed by atoms with van der Waals surface area (Å²) < 4.78 is 15.5. The van der Waals surface area contributed by atoms with E-state index in [1.807, 2.05) is 24.3 Å². The first-order valence-electron chi connectivity index (χ1n) is 5.44. The van der Waals surface area contributed by atoms with Crippen molar-refractivity contribution in [1.82, 2.24) is 0 Å². The van der Waals surface area contributed by atoms with Gasteiger partial charge in [-0.15, -0.1) is 0 Å². The van der Waals surface area contributed by atoms with E-state index in [2.05, 4.69) is 38.5 Å². The molecule has 94 valence electrons. The predicted octanol–water partition coefficient (Wildman–Crippen LogP) is 4.47. The van der Waals surface area contributed by atoms with Crippen LogP contribution in [0, 0.1) is 9.39 Å². The molecule has 2 rings (SSSR count). The van der Waals surface area contributed by atoms with E-state index < -0.39 is 6.10 Å². The maximum absolute atomic E-state index is 13.6. The topological polar surface area (TPSA) is 20.2 Å². The van der Waals surface area contributed by atoms with Gasteiger partial charge in [-0.3, -0.25) is 0 Å². The molecule has 1 nitrogen and oxygen atoms in total. The van der Waals surface area contributed by atoms with E-state index in [-0.39, 0.29) is 12.2 Å². The largest absolute Gasteiger partial charge is 0.388 e. The molecule has 2 aromatic rings. The lowest BCUT2D eigenvalue weighted by atomic mass is 10.0. The average molecular weight is 421 g/mol. The average Bonchev–Trinajstić information content (AvgIpc) is 2.33. The Balaban J connectivity index is 2.15. The van der Waals surface area contributed by atoms with Gasteiger partial charge >= 0.3 is 0 Å². The van der Waals surface area contributed by atoms with Gasteiger partial charge in [-0.05, 0) is 58.0 Å². The molecule has 1 unspecified atom stereocenters. The van der Waals surface area contributed by atoms with E-state index in [1.165, 1.54) is 6.07 Å². The highest BCUT2D eigenvalue weighted by Crippen LogP contribution is 2.22. The third kappa shape index (κ3) is 3.52. The summed E-state index contributed by atoms with van der Waals surface area (Å²) in [4.78, 5) is 0. The molecule has 0 aliphatic carbocycles. The van der Waals surface area contributed by atoms with Crippen LogP contribution in [-0.4, -0.2) is 5.11 Å². The maximum atomic E-state index is 13.6. The Hall–Kier alpha value is -0.460. The van der Waals surface area contributed by atoms with Gasteiger partial charge in [0.1, 0.15) is 5.82 Å². The smallest absolute Gasteiger partial charge is 0.127 e. The van der Waals surface area contributed by atoms with Crippen molar-refractivity contribution in [2.75, 3.05) is 0 Å². The van der Waals surface area contributed by atoms with E-state index >= 15 is 0 Å². The molecule has 0 heterocycles. The van der Waals surface area contributed by atoms with Crippen LogP contribution < -0.4 is 0 Å². The minimum absolute atomic E-state index is 0.277. The zero-order valence-corrected chi connectivity index (χ0v) is 13.2. The lowest BCUT2D eigenvalue weighted by Gasteiger charge is -2.12. The first kappa shape index (κ1) is 14.0. The van der Waals surface area contributed by atoms with Crippen molar-refractivity contribution in [2.24, 2.45) is 0 Å². The quantitative estimate of drug-likeness (QED) is 0.726. The van der Waals surface area contributed by atoms with Gasteiger partial charge in [-0.25, -0.2) is 4.39 Å². The number of rotatable bonds is 3. The molecule has 0 radical (unpaired) electrons. The summed E-state index contributed by atoms with van der Waals surface area (Å²) >= 11 is 5.42. The summed E-state index contributed by atoms with van der Waals surface area (Å²) in [6.45, 7) is 0. The number of halogens is 3. The van der Waals surface area contributed by atoms with Gasteiger partial charge in [0.15, 0.2) is 0 Å². The van der Waals surface area contributed by atoms with Crippen LogP contribution in [0.4, 0.5) is 4.39 Å². The molecule has 0 saturated heterocycles. The monoisotopic (exact) mass is 420 g/mol. The van der Waals surface area contributed by atoms with Crippen molar-refractivity contribution in [3.05, 3.63) is 67.5 Å². The first-order valence-corrected chi connectivity index (χ1v) is 7.31. The minimum Gasteiger partial charge on any atom is -0.388 e. The third-order valence-electron chi connectivity index (χ3n) is 2.68.